The lowest BCUT2D eigenvalue weighted by molar-refractivity contribution is 0.102. The summed E-state index contributed by atoms with van der Waals surface area (Å²) in [5, 5.41) is 3.54. The van der Waals surface area contributed by atoms with Crippen LogP contribution in [0.1, 0.15) is 29.6 Å². The first-order chi connectivity index (χ1) is 12.2. The lowest BCUT2D eigenvalue weighted by Crippen LogP contribution is -2.29. The van der Waals surface area contributed by atoms with E-state index in [0.29, 0.717) is 27.8 Å². The van der Waals surface area contributed by atoms with Crippen molar-refractivity contribution in [1.29, 1.82) is 0 Å². The van der Waals surface area contributed by atoms with E-state index < -0.39 is 0 Å². The van der Waals surface area contributed by atoms with Gasteiger partial charge in [-0.05, 0) is 55.7 Å². The average Bonchev–Trinajstić information content (AvgIpc) is 3.10. The minimum atomic E-state index is -0.208. The fourth-order valence-corrected chi connectivity index (χ4v) is 3.52. The largest absolute Gasteiger partial charge is 0.454 e. The number of carbonyl (C=O) groups is 1. The van der Waals surface area contributed by atoms with Crippen LogP contribution in [0.15, 0.2) is 36.4 Å². The van der Waals surface area contributed by atoms with E-state index in [1.807, 2.05) is 12.1 Å². The fraction of sp³-hybridized carbons (Fsp3) is 0.316. The lowest BCUT2D eigenvalue weighted by atomic mass is 10.1. The molecule has 1 N–H and O–H groups in total. The maximum atomic E-state index is 12.5. The summed E-state index contributed by atoms with van der Waals surface area (Å²) in [6, 6.07) is 10.8. The topological polar surface area (TPSA) is 50.8 Å². The van der Waals surface area contributed by atoms with Crippen molar-refractivity contribution < 1.29 is 14.3 Å². The number of nitrogens with one attached hydrogen (secondary N) is 1. The van der Waals surface area contributed by atoms with Crippen LogP contribution < -0.4 is 19.7 Å². The Morgan fingerprint density at radius 2 is 1.80 bits per heavy atom. The molecular weight excluding hydrogens is 340 g/mol. The number of hydrogen-bond acceptors (Lipinski definition) is 4. The van der Waals surface area contributed by atoms with Crippen LogP contribution in [-0.2, 0) is 0 Å². The summed E-state index contributed by atoms with van der Waals surface area (Å²) in [6.45, 7) is 2.25. The Morgan fingerprint density at radius 3 is 2.60 bits per heavy atom. The van der Waals surface area contributed by atoms with Crippen LogP contribution in [0.25, 0.3) is 0 Å². The van der Waals surface area contributed by atoms with Crippen molar-refractivity contribution in [1.82, 2.24) is 0 Å². The number of anilines is 2. The van der Waals surface area contributed by atoms with Gasteiger partial charge in [0.1, 0.15) is 0 Å². The van der Waals surface area contributed by atoms with Gasteiger partial charge in [0.25, 0.3) is 5.91 Å². The first kappa shape index (κ1) is 16.1. The molecule has 2 aliphatic rings. The van der Waals surface area contributed by atoms with Crippen molar-refractivity contribution in [2.75, 3.05) is 30.1 Å². The number of amides is 1. The molecule has 0 aromatic heterocycles. The zero-order chi connectivity index (χ0) is 17.2. The number of rotatable bonds is 3. The fourth-order valence-electron chi connectivity index (χ4n) is 3.22. The van der Waals surface area contributed by atoms with Gasteiger partial charge in [0, 0.05) is 24.3 Å². The number of benzene rings is 2. The van der Waals surface area contributed by atoms with Gasteiger partial charge in [-0.25, -0.2) is 0 Å². The minimum Gasteiger partial charge on any atom is -0.454 e. The molecule has 6 heteroatoms. The summed E-state index contributed by atoms with van der Waals surface area (Å²) in [4.78, 5) is 14.8. The predicted octanol–water partition coefficient (Wildman–Crippen LogP) is 4.31. The Bertz CT molecular complexity index is 803. The molecule has 2 heterocycles. The van der Waals surface area contributed by atoms with Crippen LogP contribution in [0, 0.1) is 0 Å². The number of hydrogen-bond donors (Lipinski definition) is 1. The molecule has 0 bridgehead atoms. The molecule has 2 aromatic carbocycles. The third kappa shape index (κ3) is 3.37. The summed E-state index contributed by atoms with van der Waals surface area (Å²) in [5.41, 5.74) is 2.22. The van der Waals surface area contributed by atoms with Crippen LogP contribution in [-0.4, -0.2) is 25.8 Å². The second kappa shape index (κ2) is 6.84. The highest BCUT2D eigenvalue weighted by atomic mass is 35.5. The van der Waals surface area contributed by atoms with Gasteiger partial charge in [0.2, 0.25) is 6.79 Å². The van der Waals surface area contributed by atoms with Crippen molar-refractivity contribution in [3.8, 4) is 11.5 Å². The Labute approximate surface area is 151 Å². The first-order valence-electron chi connectivity index (χ1n) is 8.46. The summed E-state index contributed by atoms with van der Waals surface area (Å²) in [5.74, 6) is 1.04. The van der Waals surface area contributed by atoms with Crippen LogP contribution in [0.4, 0.5) is 11.4 Å². The maximum Gasteiger partial charge on any atom is 0.255 e. The summed E-state index contributed by atoms with van der Waals surface area (Å²) >= 11 is 6.44. The number of halogens is 1. The zero-order valence-corrected chi connectivity index (χ0v) is 14.5. The highest BCUT2D eigenvalue weighted by molar-refractivity contribution is 6.33. The Morgan fingerprint density at radius 1 is 1.00 bits per heavy atom. The van der Waals surface area contributed by atoms with Crippen molar-refractivity contribution in [2.24, 2.45) is 0 Å². The highest BCUT2D eigenvalue weighted by Crippen LogP contribution is 2.33. The van der Waals surface area contributed by atoms with E-state index in [1.165, 1.54) is 19.3 Å². The molecule has 4 rings (SSSR count). The molecule has 0 spiro atoms. The van der Waals surface area contributed by atoms with E-state index in [1.54, 1.807) is 24.3 Å². The van der Waals surface area contributed by atoms with E-state index in [9.17, 15) is 4.79 Å². The van der Waals surface area contributed by atoms with Gasteiger partial charge < -0.3 is 19.7 Å². The Kier molecular flexibility index (Phi) is 4.40. The van der Waals surface area contributed by atoms with Crippen LogP contribution in [0.3, 0.4) is 0 Å². The molecule has 0 atom stereocenters. The summed E-state index contributed by atoms with van der Waals surface area (Å²) in [6.07, 6.45) is 3.66. The smallest absolute Gasteiger partial charge is 0.255 e. The van der Waals surface area contributed by atoms with Gasteiger partial charge in [0.15, 0.2) is 11.5 Å². The quantitative estimate of drug-likeness (QED) is 0.888. The average molecular weight is 359 g/mol. The molecule has 2 aromatic rings. The lowest BCUT2D eigenvalue weighted by Gasteiger charge is -2.29. The van der Waals surface area contributed by atoms with Gasteiger partial charge in [0.05, 0.1) is 10.7 Å². The maximum absolute atomic E-state index is 12.5. The molecule has 1 fully saturated rings. The molecule has 5 nitrogen and oxygen atoms in total. The molecule has 25 heavy (non-hydrogen) atoms. The standard InChI is InChI=1S/C19H19ClN2O3/c20-15-11-14(5-6-16(15)22-8-2-1-3-9-22)21-19(23)13-4-7-17-18(10-13)25-12-24-17/h4-7,10-11H,1-3,8-9,12H2,(H,21,23). The molecule has 0 radical (unpaired) electrons. The number of piperidine rings is 1. The number of fused-ring (bicyclic) bond motifs is 1. The molecule has 130 valence electrons. The molecular formula is C19H19ClN2O3. The zero-order valence-electron chi connectivity index (χ0n) is 13.8. The molecule has 1 amide bonds. The van der Waals surface area contributed by atoms with E-state index in [-0.39, 0.29) is 12.7 Å². The van der Waals surface area contributed by atoms with Crippen molar-refractivity contribution in [3.63, 3.8) is 0 Å². The monoisotopic (exact) mass is 358 g/mol. The molecule has 0 unspecified atom stereocenters. The van der Waals surface area contributed by atoms with E-state index >= 15 is 0 Å². The van der Waals surface area contributed by atoms with E-state index in [4.69, 9.17) is 21.1 Å². The van der Waals surface area contributed by atoms with Gasteiger partial charge >= 0.3 is 0 Å². The Balaban J connectivity index is 1.48. The SMILES string of the molecule is O=C(Nc1ccc(N2CCCCC2)c(Cl)c1)c1ccc2c(c1)OCO2. The summed E-state index contributed by atoms with van der Waals surface area (Å²) < 4.78 is 10.6. The predicted molar refractivity (Wildman–Crippen MR) is 98.0 cm³/mol. The van der Waals surface area contributed by atoms with Crippen molar-refractivity contribution in [3.05, 3.63) is 47.0 Å². The van der Waals surface area contributed by atoms with Crippen LogP contribution in [0.2, 0.25) is 5.02 Å². The number of carbonyl (C=O) groups excluding carboxylic acids is 1. The summed E-state index contributed by atoms with van der Waals surface area (Å²) in [7, 11) is 0. The highest BCUT2D eigenvalue weighted by Gasteiger charge is 2.17. The normalized spacial score (nSPS) is 16.0. The second-order valence-electron chi connectivity index (χ2n) is 6.24. The van der Waals surface area contributed by atoms with Crippen LogP contribution >= 0.6 is 11.6 Å². The van der Waals surface area contributed by atoms with Gasteiger partial charge in [-0.3, -0.25) is 4.79 Å². The van der Waals surface area contributed by atoms with Gasteiger partial charge in [-0.1, -0.05) is 11.6 Å². The molecule has 0 aliphatic carbocycles. The Hall–Kier alpha value is -2.40. The van der Waals surface area contributed by atoms with Gasteiger partial charge in [-0.15, -0.1) is 0 Å². The van der Waals surface area contributed by atoms with E-state index in [0.717, 1.165) is 18.8 Å². The second-order valence-corrected chi connectivity index (χ2v) is 6.64. The molecule has 2 aliphatic heterocycles. The first-order valence-corrected chi connectivity index (χ1v) is 8.84. The molecule has 0 saturated carbocycles. The number of ether oxygens (including phenoxy) is 2. The molecule has 1 saturated heterocycles. The van der Waals surface area contributed by atoms with Crippen LogP contribution in [0.5, 0.6) is 11.5 Å². The minimum absolute atomic E-state index is 0.188. The third-order valence-electron chi connectivity index (χ3n) is 4.54. The van der Waals surface area contributed by atoms with E-state index in [2.05, 4.69) is 10.2 Å². The van der Waals surface area contributed by atoms with Crippen molar-refractivity contribution >= 4 is 28.9 Å². The van der Waals surface area contributed by atoms with Crippen molar-refractivity contribution in [2.45, 2.75) is 19.3 Å². The number of nitrogens with zero attached hydrogens (tertiary/aromatic N) is 1. The van der Waals surface area contributed by atoms with Gasteiger partial charge in [-0.2, -0.15) is 0 Å². The third-order valence-corrected chi connectivity index (χ3v) is 4.84.